The van der Waals surface area contributed by atoms with Crippen LogP contribution in [-0.2, 0) is 4.79 Å². The minimum atomic E-state index is 0.0275. The number of nitrogens with zero attached hydrogens (tertiary/aromatic N) is 2. The third kappa shape index (κ3) is 3.85. The van der Waals surface area contributed by atoms with Gasteiger partial charge in [0.15, 0.2) is 0 Å². The lowest BCUT2D eigenvalue weighted by molar-refractivity contribution is -0.127. The number of rotatable bonds is 3. The van der Waals surface area contributed by atoms with Crippen LogP contribution in [0.5, 0.6) is 5.75 Å². The summed E-state index contributed by atoms with van der Waals surface area (Å²) in [5.74, 6) is 0.928. The van der Waals surface area contributed by atoms with Gasteiger partial charge in [-0.1, -0.05) is 12.1 Å². The molecule has 4 heteroatoms. The highest BCUT2D eigenvalue weighted by atomic mass is 16.5. The van der Waals surface area contributed by atoms with Gasteiger partial charge in [-0.2, -0.15) is 5.26 Å². The SMILES string of the molecule is COc1ccc(/C(C)=C/C(=O)N2CCC(C#N)CC2)cc1. The van der Waals surface area contributed by atoms with Crippen LogP contribution in [0, 0.1) is 17.2 Å². The molecule has 0 N–H and O–H groups in total. The van der Waals surface area contributed by atoms with E-state index < -0.39 is 0 Å². The van der Waals surface area contributed by atoms with Crippen LogP contribution in [0.25, 0.3) is 5.57 Å². The molecule has 0 radical (unpaired) electrons. The third-order valence-electron chi connectivity index (χ3n) is 3.87. The largest absolute Gasteiger partial charge is 0.497 e. The Morgan fingerprint density at radius 2 is 1.95 bits per heavy atom. The molecule has 0 unspecified atom stereocenters. The van der Waals surface area contributed by atoms with E-state index in [0.717, 1.165) is 29.7 Å². The van der Waals surface area contributed by atoms with Crippen LogP contribution in [0.4, 0.5) is 0 Å². The van der Waals surface area contributed by atoms with Crippen molar-refractivity contribution in [3.05, 3.63) is 35.9 Å². The molecular formula is C17H20N2O2. The van der Waals surface area contributed by atoms with Gasteiger partial charge in [0.05, 0.1) is 13.2 Å². The number of allylic oxidation sites excluding steroid dienone is 1. The molecule has 0 aromatic heterocycles. The average Bonchev–Trinajstić information content (AvgIpc) is 2.55. The van der Waals surface area contributed by atoms with Crippen LogP contribution in [-0.4, -0.2) is 31.0 Å². The van der Waals surface area contributed by atoms with Crippen molar-refractivity contribution in [2.24, 2.45) is 5.92 Å². The summed E-state index contributed by atoms with van der Waals surface area (Å²) in [7, 11) is 1.63. The van der Waals surface area contributed by atoms with Gasteiger partial charge in [-0.3, -0.25) is 4.79 Å². The first-order valence-electron chi connectivity index (χ1n) is 7.15. The number of likely N-dealkylation sites (tertiary alicyclic amines) is 1. The number of carbonyl (C=O) groups excluding carboxylic acids is 1. The minimum Gasteiger partial charge on any atom is -0.497 e. The highest BCUT2D eigenvalue weighted by Gasteiger charge is 2.21. The molecule has 0 saturated carbocycles. The van der Waals surface area contributed by atoms with E-state index in [-0.39, 0.29) is 11.8 Å². The number of piperidine rings is 1. The smallest absolute Gasteiger partial charge is 0.246 e. The van der Waals surface area contributed by atoms with Gasteiger partial charge in [0.1, 0.15) is 5.75 Å². The summed E-state index contributed by atoms with van der Waals surface area (Å²) in [6.45, 7) is 3.27. The molecule has 110 valence electrons. The second-order valence-corrected chi connectivity index (χ2v) is 5.28. The first kappa shape index (κ1) is 15.1. The van der Waals surface area contributed by atoms with Crippen molar-refractivity contribution in [1.29, 1.82) is 5.26 Å². The summed E-state index contributed by atoms with van der Waals surface area (Å²) in [4.78, 5) is 14.1. The molecule has 1 fully saturated rings. The number of hydrogen-bond donors (Lipinski definition) is 0. The van der Waals surface area contributed by atoms with Crippen molar-refractivity contribution in [3.63, 3.8) is 0 Å². The maximum absolute atomic E-state index is 12.2. The average molecular weight is 284 g/mol. The number of carbonyl (C=O) groups is 1. The van der Waals surface area contributed by atoms with Crippen LogP contribution in [0.2, 0.25) is 0 Å². The Kier molecular flexibility index (Phi) is 4.99. The molecule has 0 aliphatic carbocycles. The zero-order chi connectivity index (χ0) is 15.2. The molecule has 0 spiro atoms. The van der Waals surface area contributed by atoms with Crippen LogP contribution in [0.15, 0.2) is 30.3 Å². The molecule has 0 atom stereocenters. The summed E-state index contributed by atoms with van der Waals surface area (Å²) in [6, 6.07) is 9.93. The molecule has 1 aromatic rings. The van der Waals surface area contributed by atoms with Crippen LogP contribution >= 0.6 is 0 Å². The van der Waals surface area contributed by atoms with E-state index in [1.54, 1.807) is 13.2 Å². The van der Waals surface area contributed by atoms with Crippen molar-refractivity contribution >= 4 is 11.5 Å². The van der Waals surface area contributed by atoms with Crippen molar-refractivity contribution in [3.8, 4) is 11.8 Å². The Bertz CT molecular complexity index is 561. The minimum absolute atomic E-state index is 0.0275. The van der Waals surface area contributed by atoms with Gasteiger partial charge >= 0.3 is 0 Å². The Morgan fingerprint density at radius 3 is 2.48 bits per heavy atom. The summed E-state index contributed by atoms with van der Waals surface area (Å²) >= 11 is 0. The first-order valence-corrected chi connectivity index (χ1v) is 7.15. The van der Waals surface area contributed by atoms with Crippen molar-refractivity contribution < 1.29 is 9.53 Å². The molecular weight excluding hydrogens is 264 g/mol. The quantitative estimate of drug-likeness (QED) is 0.802. The van der Waals surface area contributed by atoms with E-state index in [2.05, 4.69) is 6.07 Å². The Morgan fingerprint density at radius 1 is 1.33 bits per heavy atom. The van der Waals surface area contributed by atoms with Gasteiger partial charge in [0.25, 0.3) is 0 Å². The maximum Gasteiger partial charge on any atom is 0.246 e. The number of hydrogen-bond acceptors (Lipinski definition) is 3. The second kappa shape index (κ2) is 6.94. The van der Waals surface area contributed by atoms with E-state index in [0.29, 0.717) is 13.1 Å². The Balaban J connectivity index is 2.01. The number of benzene rings is 1. The first-order chi connectivity index (χ1) is 10.1. The van der Waals surface area contributed by atoms with Gasteiger partial charge in [-0.15, -0.1) is 0 Å². The Labute approximate surface area is 125 Å². The molecule has 1 aromatic carbocycles. The highest BCUT2D eigenvalue weighted by Crippen LogP contribution is 2.20. The summed E-state index contributed by atoms with van der Waals surface area (Å²) in [6.07, 6.45) is 3.23. The van der Waals surface area contributed by atoms with Crippen LogP contribution < -0.4 is 4.74 Å². The summed E-state index contributed by atoms with van der Waals surface area (Å²) in [5.41, 5.74) is 1.95. The second-order valence-electron chi connectivity index (χ2n) is 5.28. The standard InChI is InChI=1S/C17H20N2O2/c1-13(15-3-5-16(21-2)6-4-15)11-17(20)19-9-7-14(12-18)8-10-19/h3-6,11,14H,7-10H2,1-2H3/b13-11+. The lowest BCUT2D eigenvalue weighted by Gasteiger charge is -2.28. The fourth-order valence-electron chi connectivity index (χ4n) is 2.44. The van der Waals surface area contributed by atoms with Crippen molar-refractivity contribution in [2.75, 3.05) is 20.2 Å². The molecule has 0 bridgehead atoms. The molecule has 1 saturated heterocycles. The van der Waals surface area contributed by atoms with Crippen molar-refractivity contribution in [2.45, 2.75) is 19.8 Å². The van der Waals surface area contributed by atoms with E-state index >= 15 is 0 Å². The molecule has 2 rings (SSSR count). The lowest BCUT2D eigenvalue weighted by atomic mass is 9.98. The van der Waals surface area contributed by atoms with Crippen LogP contribution in [0.3, 0.4) is 0 Å². The summed E-state index contributed by atoms with van der Waals surface area (Å²) < 4.78 is 5.12. The van der Waals surface area contributed by atoms with Crippen molar-refractivity contribution in [1.82, 2.24) is 4.90 Å². The van der Waals surface area contributed by atoms with E-state index in [1.807, 2.05) is 36.1 Å². The van der Waals surface area contributed by atoms with E-state index in [4.69, 9.17) is 10.00 Å². The molecule has 4 nitrogen and oxygen atoms in total. The molecule has 1 aliphatic heterocycles. The molecule has 1 heterocycles. The number of nitriles is 1. The predicted octanol–water partition coefficient (Wildman–Crippen LogP) is 2.86. The van der Waals surface area contributed by atoms with Gasteiger partial charge in [-0.05, 0) is 43.0 Å². The topological polar surface area (TPSA) is 53.3 Å². The fraction of sp³-hybridized carbons (Fsp3) is 0.412. The Hall–Kier alpha value is -2.28. The number of amides is 1. The van der Waals surface area contributed by atoms with Crippen LogP contribution in [0.1, 0.15) is 25.3 Å². The molecule has 1 amide bonds. The van der Waals surface area contributed by atoms with Gasteiger partial charge in [0.2, 0.25) is 5.91 Å². The van der Waals surface area contributed by atoms with Gasteiger partial charge in [0, 0.05) is 25.1 Å². The highest BCUT2D eigenvalue weighted by molar-refractivity contribution is 5.94. The van der Waals surface area contributed by atoms with E-state index in [1.165, 1.54) is 0 Å². The predicted molar refractivity (Wildman–Crippen MR) is 81.6 cm³/mol. The molecule has 21 heavy (non-hydrogen) atoms. The normalized spacial score (nSPS) is 16.4. The lowest BCUT2D eigenvalue weighted by Crippen LogP contribution is -2.37. The molecule has 1 aliphatic rings. The fourth-order valence-corrected chi connectivity index (χ4v) is 2.44. The zero-order valence-electron chi connectivity index (χ0n) is 12.5. The van der Waals surface area contributed by atoms with E-state index in [9.17, 15) is 4.79 Å². The van der Waals surface area contributed by atoms with Gasteiger partial charge in [-0.25, -0.2) is 0 Å². The monoisotopic (exact) mass is 284 g/mol. The number of methoxy groups -OCH3 is 1. The van der Waals surface area contributed by atoms with Gasteiger partial charge < -0.3 is 9.64 Å². The third-order valence-corrected chi connectivity index (χ3v) is 3.87. The summed E-state index contributed by atoms with van der Waals surface area (Å²) in [5, 5.41) is 8.88. The number of ether oxygens (including phenoxy) is 1. The maximum atomic E-state index is 12.2. The zero-order valence-corrected chi connectivity index (χ0v) is 12.5.